The van der Waals surface area contributed by atoms with Gasteiger partial charge in [-0.25, -0.2) is 0 Å². The average molecular weight is 804 g/mol. The molecular formula is C61H41NO. The highest BCUT2D eigenvalue weighted by Gasteiger charge is 2.46. The molecule has 296 valence electrons. The minimum absolute atomic E-state index is 0.581. The number of fused-ring (bicyclic) bond motifs is 6. The predicted octanol–water partition coefficient (Wildman–Crippen LogP) is 16.4. The predicted molar refractivity (Wildman–Crippen MR) is 262 cm³/mol. The van der Waals surface area contributed by atoms with E-state index in [2.05, 4.69) is 254 Å². The number of benzene rings is 10. The lowest BCUT2D eigenvalue weighted by Gasteiger charge is -2.34. The number of nitrogens with zero attached hydrogens (tertiary/aromatic N) is 1. The SMILES string of the molecule is c1ccc(-c2ccc(C3(c4ccc5oc6cccc(N(c7ccccc7)c7cc(-c8ccccc8)cc(-c8ccccc8)c7)c6c5c4)c4ccccc4-c4ccccc43)cc2)cc1. The van der Waals surface area contributed by atoms with Crippen LogP contribution < -0.4 is 4.90 Å². The molecule has 0 bridgehead atoms. The fourth-order valence-corrected chi connectivity index (χ4v) is 10.1. The molecule has 0 spiro atoms. The summed E-state index contributed by atoms with van der Waals surface area (Å²) >= 11 is 0. The number of rotatable bonds is 8. The zero-order valence-electron chi connectivity index (χ0n) is 34.5. The fraction of sp³-hybridized carbons (Fsp3) is 0.0164. The lowest BCUT2D eigenvalue weighted by molar-refractivity contribution is 0.668. The zero-order valence-corrected chi connectivity index (χ0v) is 34.5. The largest absolute Gasteiger partial charge is 0.456 e. The molecule has 2 heteroatoms. The molecule has 0 amide bonds. The van der Waals surface area contributed by atoms with Crippen LogP contribution >= 0.6 is 0 Å². The van der Waals surface area contributed by atoms with E-state index in [4.69, 9.17) is 4.42 Å². The van der Waals surface area contributed by atoms with Crippen LogP contribution in [0.15, 0.2) is 253 Å². The Morgan fingerprint density at radius 1 is 0.317 bits per heavy atom. The Morgan fingerprint density at radius 2 is 0.810 bits per heavy atom. The first-order valence-electron chi connectivity index (χ1n) is 21.7. The standard InChI is InChI=1S/C61H41NO/c1-5-18-42(19-6-1)45-32-34-48(35-33-45)61(55-28-15-13-26-52(55)53-27-14-16-29-56(53)61)49-36-37-58-54(41-49)60-57(30-17-31-59(60)63-58)62(50-24-11-4-12-25-50)51-39-46(43-20-7-2-8-21-43)38-47(40-51)44-22-9-3-10-23-44/h1-41H. The molecule has 0 fully saturated rings. The minimum Gasteiger partial charge on any atom is -0.456 e. The van der Waals surface area contributed by atoms with Gasteiger partial charge in [-0.1, -0.05) is 194 Å². The van der Waals surface area contributed by atoms with Crippen molar-refractivity contribution in [1.82, 2.24) is 0 Å². The van der Waals surface area contributed by atoms with Gasteiger partial charge in [0.2, 0.25) is 0 Å². The highest BCUT2D eigenvalue weighted by molar-refractivity contribution is 6.14. The van der Waals surface area contributed by atoms with Crippen LogP contribution in [0.1, 0.15) is 22.3 Å². The average Bonchev–Trinajstić information content (AvgIpc) is 3.89. The van der Waals surface area contributed by atoms with Crippen molar-refractivity contribution in [1.29, 1.82) is 0 Å². The maximum Gasteiger partial charge on any atom is 0.137 e. The van der Waals surface area contributed by atoms with Crippen LogP contribution in [0.25, 0.3) is 66.4 Å². The summed E-state index contributed by atoms with van der Waals surface area (Å²) in [6.07, 6.45) is 0. The second-order valence-electron chi connectivity index (χ2n) is 16.4. The first-order valence-corrected chi connectivity index (χ1v) is 21.7. The van der Waals surface area contributed by atoms with Crippen molar-refractivity contribution in [2.75, 3.05) is 4.90 Å². The van der Waals surface area contributed by atoms with E-state index in [0.29, 0.717) is 0 Å². The molecule has 10 aromatic carbocycles. The molecule has 1 heterocycles. The van der Waals surface area contributed by atoms with Crippen molar-refractivity contribution in [3.05, 3.63) is 271 Å². The summed E-state index contributed by atoms with van der Waals surface area (Å²) in [7, 11) is 0. The highest BCUT2D eigenvalue weighted by atomic mass is 16.3. The van der Waals surface area contributed by atoms with Gasteiger partial charge in [-0.3, -0.25) is 0 Å². The highest BCUT2D eigenvalue weighted by Crippen LogP contribution is 2.57. The third-order valence-corrected chi connectivity index (χ3v) is 12.9. The number of para-hydroxylation sites is 1. The molecule has 1 aromatic heterocycles. The van der Waals surface area contributed by atoms with E-state index in [0.717, 1.165) is 50.1 Å². The van der Waals surface area contributed by atoms with E-state index in [-0.39, 0.29) is 0 Å². The maximum absolute atomic E-state index is 6.83. The van der Waals surface area contributed by atoms with Crippen molar-refractivity contribution in [3.8, 4) is 44.5 Å². The van der Waals surface area contributed by atoms with E-state index in [1.807, 2.05) is 0 Å². The van der Waals surface area contributed by atoms with Gasteiger partial charge in [0.15, 0.2) is 0 Å². The van der Waals surface area contributed by atoms with Crippen molar-refractivity contribution in [3.63, 3.8) is 0 Å². The summed E-state index contributed by atoms with van der Waals surface area (Å²) in [6, 6.07) is 90.2. The second-order valence-corrected chi connectivity index (χ2v) is 16.4. The summed E-state index contributed by atoms with van der Waals surface area (Å²) in [6.45, 7) is 0. The molecule has 12 rings (SSSR count). The van der Waals surface area contributed by atoms with Gasteiger partial charge in [0.25, 0.3) is 0 Å². The van der Waals surface area contributed by atoms with Gasteiger partial charge in [-0.05, 0) is 121 Å². The van der Waals surface area contributed by atoms with Crippen molar-refractivity contribution < 1.29 is 4.42 Å². The molecule has 0 N–H and O–H groups in total. The Morgan fingerprint density at radius 3 is 1.40 bits per heavy atom. The summed E-state index contributed by atoms with van der Waals surface area (Å²) in [5.74, 6) is 0. The summed E-state index contributed by atoms with van der Waals surface area (Å²) < 4.78 is 6.83. The van der Waals surface area contributed by atoms with E-state index < -0.39 is 5.41 Å². The Hall–Kier alpha value is -8.20. The van der Waals surface area contributed by atoms with Crippen LogP contribution in [0.2, 0.25) is 0 Å². The van der Waals surface area contributed by atoms with E-state index in [1.165, 1.54) is 55.6 Å². The molecule has 0 atom stereocenters. The van der Waals surface area contributed by atoms with Gasteiger partial charge in [0.05, 0.1) is 16.5 Å². The Labute approximate surface area is 367 Å². The minimum atomic E-state index is -0.581. The van der Waals surface area contributed by atoms with E-state index in [9.17, 15) is 0 Å². The molecule has 0 unspecified atom stereocenters. The fourth-order valence-electron chi connectivity index (χ4n) is 10.1. The van der Waals surface area contributed by atoms with Crippen molar-refractivity contribution in [2.45, 2.75) is 5.41 Å². The monoisotopic (exact) mass is 803 g/mol. The normalized spacial score (nSPS) is 12.6. The van der Waals surface area contributed by atoms with Gasteiger partial charge in [-0.2, -0.15) is 0 Å². The second kappa shape index (κ2) is 15.1. The van der Waals surface area contributed by atoms with Crippen LogP contribution in [0, 0.1) is 0 Å². The molecule has 63 heavy (non-hydrogen) atoms. The van der Waals surface area contributed by atoms with Gasteiger partial charge in [0, 0.05) is 16.8 Å². The Kier molecular flexibility index (Phi) is 8.76. The molecule has 11 aromatic rings. The molecule has 1 aliphatic carbocycles. The molecule has 1 aliphatic rings. The third kappa shape index (κ3) is 6.02. The van der Waals surface area contributed by atoms with Gasteiger partial charge in [-0.15, -0.1) is 0 Å². The van der Waals surface area contributed by atoms with E-state index >= 15 is 0 Å². The lowest BCUT2D eigenvalue weighted by atomic mass is 9.67. The lowest BCUT2D eigenvalue weighted by Crippen LogP contribution is -2.28. The summed E-state index contributed by atoms with van der Waals surface area (Å²) in [5.41, 5.74) is 18.8. The number of hydrogen-bond acceptors (Lipinski definition) is 2. The first kappa shape index (κ1) is 36.6. The van der Waals surface area contributed by atoms with Crippen LogP contribution in [-0.2, 0) is 5.41 Å². The molecule has 0 radical (unpaired) electrons. The number of furan rings is 1. The number of anilines is 3. The summed E-state index contributed by atoms with van der Waals surface area (Å²) in [4.78, 5) is 2.40. The molecular weight excluding hydrogens is 763 g/mol. The van der Waals surface area contributed by atoms with Gasteiger partial charge >= 0.3 is 0 Å². The van der Waals surface area contributed by atoms with Gasteiger partial charge < -0.3 is 9.32 Å². The molecule has 0 saturated carbocycles. The Bertz CT molecular complexity index is 3320. The summed E-state index contributed by atoms with van der Waals surface area (Å²) in [5, 5.41) is 2.14. The molecule has 0 saturated heterocycles. The van der Waals surface area contributed by atoms with Crippen LogP contribution in [0.5, 0.6) is 0 Å². The van der Waals surface area contributed by atoms with Gasteiger partial charge in [0.1, 0.15) is 11.2 Å². The molecule has 0 aliphatic heterocycles. The topological polar surface area (TPSA) is 16.4 Å². The number of hydrogen-bond donors (Lipinski definition) is 0. The van der Waals surface area contributed by atoms with Crippen LogP contribution in [0.3, 0.4) is 0 Å². The third-order valence-electron chi connectivity index (χ3n) is 12.9. The van der Waals surface area contributed by atoms with E-state index in [1.54, 1.807) is 0 Å². The van der Waals surface area contributed by atoms with Crippen LogP contribution in [-0.4, -0.2) is 0 Å². The first-order chi connectivity index (χ1) is 31.2. The van der Waals surface area contributed by atoms with Crippen LogP contribution in [0.4, 0.5) is 17.1 Å². The molecule has 2 nitrogen and oxygen atoms in total. The van der Waals surface area contributed by atoms with Crippen molar-refractivity contribution in [2.24, 2.45) is 0 Å². The smallest absolute Gasteiger partial charge is 0.137 e. The Balaban J connectivity index is 1.12. The maximum atomic E-state index is 6.83. The van der Waals surface area contributed by atoms with Crippen molar-refractivity contribution >= 4 is 39.0 Å². The quantitative estimate of drug-likeness (QED) is 0.152. The zero-order chi connectivity index (χ0) is 41.7.